The van der Waals surface area contributed by atoms with Gasteiger partial charge in [0.25, 0.3) is 0 Å². The summed E-state index contributed by atoms with van der Waals surface area (Å²) in [5.74, 6) is -0.400. The minimum atomic E-state index is -0.415. The van der Waals surface area contributed by atoms with E-state index in [1.54, 1.807) is 6.92 Å². The Hall–Kier alpha value is -3.45. The maximum atomic E-state index is 12.7. The van der Waals surface area contributed by atoms with Gasteiger partial charge in [-0.1, -0.05) is 18.7 Å². The number of rotatable bonds is 7. The predicted octanol–water partition coefficient (Wildman–Crippen LogP) is 5.02. The van der Waals surface area contributed by atoms with Crippen LogP contribution < -0.4 is 10.5 Å². The molecule has 4 aromatic rings. The summed E-state index contributed by atoms with van der Waals surface area (Å²) in [6.07, 6.45) is 0. The van der Waals surface area contributed by atoms with E-state index >= 15 is 0 Å². The number of para-hydroxylation sites is 1. The molecule has 0 amide bonds. The first kappa shape index (κ1) is 20.8. The van der Waals surface area contributed by atoms with Crippen LogP contribution in [-0.2, 0) is 9.53 Å². The molecule has 0 fully saturated rings. The predicted molar refractivity (Wildman–Crippen MR) is 125 cm³/mol. The Balaban J connectivity index is 1.60. The van der Waals surface area contributed by atoms with Crippen LogP contribution in [-0.4, -0.2) is 30.6 Å². The average molecular weight is 435 g/mol. The summed E-state index contributed by atoms with van der Waals surface area (Å²) >= 11 is 1.47. The smallest absolute Gasteiger partial charge is 0.346 e. The zero-order chi connectivity index (χ0) is 22.0. The third-order valence-electron chi connectivity index (χ3n) is 4.93. The summed E-state index contributed by atoms with van der Waals surface area (Å²) < 4.78 is 11.9. The Morgan fingerprint density at radius 1 is 1.23 bits per heavy atom. The topological polar surface area (TPSA) is 72.6 Å². The summed E-state index contributed by atoms with van der Waals surface area (Å²) in [4.78, 5) is 30.9. The van der Waals surface area contributed by atoms with E-state index in [2.05, 4.69) is 11.6 Å². The van der Waals surface area contributed by atoms with Crippen molar-refractivity contribution in [3.8, 4) is 10.6 Å². The lowest BCUT2D eigenvalue weighted by Gasteiger charge is -2.23. The number of carbonyl (C=O) groups is 1. The van der Waals surface area contributed by atoms with Gasteiger partial charge < -0.3 is 14.1 Å². The van der Waals surface area contributed by atoms with Crippen molar-refractivity contribution in [3.05, 3.63) is 71.1 Å². The molecule has 2 heterocycles. The molecular formula is C24H22N2O4S. The molecule has 0 saturated heterocycles. The molecular weight excluding hydrogens is 412 g/mol. The molecule has 2 aromatic heterocycles. The highest BCUT2D eigenvalue weighted by Crippen LogP contribution is 2.30. The van der Waals surface area contributed by atoms with Gasteiger partial charge in [0.15, 0.2) is 0 Å². The Labute approximate surface area is 183 Å². The highest BCUT2D eigenvalue weighted by Gasteiger charge is 2.14. The lowest BCUT2D eigenvalue weighted by atomic mass is 10.1. The van der Waals surface area contributed by atoms with E-state index in [1.807, 2.05) is 60.4 Å². The molecule has 31 heavy (non-hydrogen) atoms. The van der Waals surface area contributed by atoms with Gasteiger partial charge in [0.1, 0.15) is 17.2 Å². The number of likely N-dealkylation sites (N-methyl/N-ethyl adjacent to an activating group) is 1. The fourth-order valence-electron chi connectivity index (χ4n) is 3.27. The quantitative estimate of drug-likeness (QED) is 0.231. The van der Waals surface area contributed by atoms with E-state index in [0.29, 0.717) is 34.8 Å². The highest BCUT2D eigenvalue weighted by atomic mass is 32.1. The number of thiazole rings is 1. The van der Waals surface area contributed by atoms with E-state index in [1.165, 1.54) is 11.3 Å². The van der Waals surface area contributed by atoms with Crippen molar-refractivity contribution < 1.29 is 13.9 Å². The van der Waals surface area contributed by atoms with E-state index in [4.69, 9.17) is 9.15 Å². The van der Waals surface area contributed by atoms with Crippen LogP contribution in [0.4, 0.5) is 5.69 Å². The molecule has 0 radical (unpaired) electrons. The van der Waals surface area contributed by atoms with Crippen LogP contribution in [0.25, 0.3) is 31.8 Å². The number of hydrogen-bond donors (Lipinski definition) is 0. The number of esters is 1. The van der Waals surface area contributed by atoms with E-state index < -0.39 is 11.6 Å². The van der Waals surface area contributed by atoms with Crippen LogP contribution in [0.2, 0.25) is 0 Å². The fourth-order valence-corrected chi connectivity index (χ4v) is 4.24. The first-order valence-electron chi connectivity index (χ1n) is 9.97. The minimum absolute atomic E-state index is 0.248. The van der Waals surface area contributed by atoms with Gasteiger partial charge >= 0.3 is 11.6 Å². The van der Waals surface area contributed by atoms with Crippen LogP contribution in [0.15, 0.2) is 69.9 Å². The van der Waals surface area contributed by atoms with E-state index in [-0.39, 0.29) is 6.61 Å². The van der Waals surface area contributed by atoms with Crippen LogP contribution in [0.5, 0.6) is 0 Å². The fraction of sp³-hybridized carbons (Fsp3) is 0.208. The van der Waals surface area contributed by atoms with Crippen molar-refractivity contribution in [2.75, 3.05) is 24.6 Å². The Morgan fingerprint density at radius 3 is 2.77 bits per heavy atom. The highest BCUT2D eigenvalue weighted by molar-refractivity contribution is 7.21. The SMILES string of the molecule is C=C(C)C(=O)OCCN(CC)c1ccc2cc(-c3nc4ccccc4s3)c(=O)oc2c1. The number of anilines is 1. The standard InChI is InChI=1S/C24H22N2O4S/c1-4-26(11-12-29-23(27)15(2)3)17-10-9-16-13-18(24(28)30-20(16)14-17)22-25-19-7-5-6-8-21(19)31-22/h5-10,13-14H,2,4,11-12H2,1,3H3. The summed E-state index contributed by atoms with van der Waals surface area (Å²) in [6.45, 7) is 8.69. The van der Waals surface area contributed by atoms with Gasteiger partial charge in [-0.05, 0) is 44.2 Å². The molecule has 0 spiro atoms. The van der Waals surface area contributed by atoms with Gasteiger partial charge in [-0.25, -0.2) is 14.6 Å². The molecule has 2 aromatic carbocycles. The first-order chi connectivity index (χ1) is 15.0. The summed E-state index contributed by atoms with van der Waals surface area (Å²) in [5.41, 5.74) is 2.67. The van der Waals surface area contributed by atoms with E-state index in [0.717, 1.165) is 21.3 Å². The third-order valence-corrected chi connectivity index (χ3v) is 6.00. The van der Waals surface area contributed by atoms with Crippen molar-refractivity contribution in [2.24, 2.45) is 0 Å². The minimum Gasteiger partial charge on any atom is -0.460 e. The van der Waals surface area contributed by atoms with Crippen LogP contribution in [0.3, 0.4) is 0 Å². The Bertz CT molecular complexity index is 1310. The summed E-state index contributed by atoms with van der Waals surface area (Å²) in [7, 11) is 0. The summed E-state index contributed by atoms with van der Waals surface area (Å²) in [6, 6.07) is 15.3. The van der Waals surface area contributed by atoms with Gasteiger partial charge in [-0.3, -0.25) is 0 Å². The Kier molecular flexibility index (Phi) is 5.86. The molecule has 0 unspecified atom stereocenters. The van der Waals surface area contributed by atoms with Crippen LogP contribution in [0.1, 0.15) is 13.8 Å². The number of carbonyl (C=O) groups excluding carboxylic acids is 1. The van der Waals surface area contributed by atoms with Gasteiger partial charge in [-0.15, -0.1) is 11.3 Å². The normalized spacial score (nSPS) is 11.0. The molecule has 0 saturated carbocycles. The number of ether oxygens (including phenoxy) is 1. The zero-order valence-electron chi connectivity index (χ0n) is 17.4. The maximum Gasteiger partial charge on any atom is 0.346 e. The lowest BCUT2D eigenvalue weighted by Crippen LogP contribution is -2.28. The molecule has 158 valence electrons. The number of hydrogen-bond acceptors (Lipinski definition) is 7. The molecule has 0 aliphatic heterocycles. The molecule has 4 rings (SSSR count). The lowest BCUT2D eigenvalue weighted by molar-refractivity contribution is -0.138. The van der Waals surface area contributed by atoms with Gasteiger partial charge in [0.05, 0.1) is 22.3 Å². The van der Waals surface area contributed by atoms with Crippen molar-refractivity contribution in [2.45, 2.75) is 13.8 Å². The number of fused-ring (bicyclic) bond motifs is 2. The van der Waals surface area contributed by atoms with Crippen molar-refractivity contribution in [1.82, 2.24) is 4.98 Å². The van der Waals surface area contributed by atoms with Gasteiger partial charge in [0, 0.05) is 29.3 Å². The van der Waals surface area contributed by atoms with Crippen molar-refractivity contribution >= 4 is 44.2 Å². The number of nitrogens with zero attached hydrogens (tertiary/aromatic N) is 2. The van der Waals surface area contributed by atoms with Gasteiger partial charge in [-0.2, -0.15) is 0 Å². The molecule has 0 aliphatic carbocycles. The van der Waals surface area contributed by atoms with Crippen molar-refractivity contribution in [1.29, 1.82) is 0 Å². The zero-order valence-corrected chi connectivity index (χ0v) is 18.2. The van der Waals surface area contributed by atoms with Gasteiger partial charge in [0.2, 0.25) is 0 Å². The second kappa shape index (κ2) is 8.73. The number of aromatic nitrogens is 1. The molecule has 0 aliphatic rings. The first-order valence-corrected chi connectivity index (χ1v) is 10.8. The molecule has 0 N–H and O–H groups in total. The monoisotopic (exact) mass is 434 g/mol. The molecule has 6 nitrogen and oxygen atoms in total. The van der Waals surface area contributed by atoms with E-state index in [9.17, 15) is 9.59 Å². The number of benzene rings is 2. The third kappa shape index (κ3) is 4.36. The average Bonchev–Trinajstić information content (AvgIpc) is 3.19. The Morgan fingerprint density at radius 2 is 2.03 bits per heavy atom. The molecule has 7 heteroatoms. The van der Waals surface area contributed by atoms with Crippen molar-refractivity contribution in [3.63, 3.8) is 0 Å². The summed E-state index contributed by atoms with van der Waals surface area (Å²) in [5, 5.41) is 1.47. The maximum absolute atomic E-state index is 12.7. The second-order valence-corrected chi connectivity index (χ2v) is 8.18. The molecule has 0 atom stereocenters. The largest absolute Gasteiger partial charge is 0.460 e. The second-order valence-electron chi connectivity index (χ2n) is 7.15. The molecule has 0 bridgehead atoms. The van der Waals surface area contributed by atoms with Crippen LogP contribution >= 0.6 is 11.3 Å². The van der Waals surface area contributed by atoms with Crippen LogP contribution in [0, 0.1) is 0 Å².